The largest absolute Gasteiger partial charge is 0.493 e. The lowest BCUT2D eigenvalue weighted by Crippen LogP contribution is -2.36. The predicted molar refractivity (Wildman–Crippen MR) is 122 cm³/mol. The molecule has 0 bridgehead atoms. The number of fused-ring (bicyclic) bond motifs is 1. The molecule has 0 amide bonds. The lowest BCUT2D eigenvalue weighted by Gasteiger charge is -2.37. The Kier molecular flexibility index (Phi) is 7.44. The standard InChI is InChI=1S/C22H31IN2O2/c1-4-16(6-5-10-23)17-8-12-25(13-9-17)20-7-11-24-19-15-22(27-3)21(26-2)14-18(19)20/h7,11,14-17H,4-6,8-10,12-13H2,1-3H3. The quantitative estimate of drug-likeness (QED) is 0.357. The lowest BCUT2D eigenvalue weighted by atomic mass is 9.80. The maximum absolute atomic E-state index is 5.52. The third kappa shape index (κ3) is 4.61. The van der Waals surface area contributed by atoms with Crippen LogP contribution in [0.2, 0.25) is 0 Å². The van der Waals surface area contributed by atoms with Gasteiger partial charge in [-0.05, 0) is 54.1 Å². The number of anilines is 1. The number of halogens is 1. The summed E-state index contributed by atoms with van der Waals surface area (Å²) in [5, 5.41) is 1.14. The van der Waals surface area contributed by atoms with Crippen molar-refractivity contribution in [1.29, 1.82) is 0 Å². The molecule has 0 saturated carbocycles. The molecule has 1 aliphatic heterocycles. The second-order valence-corrected chi connectivity index (χ2v) is 8.46. The van der Waals surface area contributed by atoms with E-state index in [1.54, 1.807) is 14.2 Å². The van der Waals surface area contributed by atoms with E-state index >= 15 is 0 Å². The topological polar surface area (TPSA) is 34.6 Å². The van der Waals surface area contributed by atoms with E-state index in [1.165, 1.54) is 42.2 Å². The summed E-state index contributed by atoms with van der Waals surface area (Å²) in [6.45, 7) is 4.61. The van der Waals surface area contributed by atoms with Gasteiger partial charge in [0.05, 0.1) is 19.7 Å². The Morgan fingerprint density at radius 1 is 1.19 bits per heavy atom. The fraction of sp³-hybridized carbons (Fsp3) is 0.591. The summed E-state index contributed by atoms with van der Waals surface area (Å²) >= 11 is 2.50. The van der Waals surface area contributed by atoms with E-state index in [0.717, 1.165) is 47.3 Å². The average molecular weight is 482 g/mol. The third-order valence-electron chi connectivity index (χ3n) is 6.00. The van der Waals surface area contributed by atoms with Gasteiger partial charge in [-0.25, -0.2) is 0 Å². The highest BCUT2D eigenvalue weighted by molar-refractivity contribution is 14.1. The van der Waals surface area contributed by atoms with Crippen LogP contribution in [0.15, 0.2) is 24.4 Å². The zero-order valence-electron chi connectivity index (χ0n) is 16.7. The molecule has 2 aromatic rings. The summed E-state index contributed by atoms with van der Waals surface area (Å²) in [6.07, 6.45) is 8.55. The maximum Gasteiger partial charge on any atom is 0.162 e. The van der Waals surface area contributed by atoms with Gasteiger partial charge in [0.25, 0.3) is 0 Å². The van der Waals surface area contributed by atoms with Crippen molar-refractivity contribution >= 4 is 39.2 Å². The van der Waals surface area contributed by atoms with E-state index in [4.69, 9.17) is 9.47 Å². The molecule has 1 aromatic heterocycles. The zero-order valence-corrected chi connectivity index (χ0v) is 18.9. The molecule has 1 fully saturated rings. The van der Waals surface area contributed by atoms with Gasteiger partial charge in [-0.15, -0.1) is 0 Å². The number of ether oxygens (including phenoxy) is 2. The molecule has 1 saturated heterocycles. The summed E-state index contributed by atoms with van der Waals surface area (Å²) in [6, 6.07) is 6.18. The first-order valence-corrected chi connectivity index (χ1v) is 11.6. The number of piperidine rings is 1. The second-order valence-electron chi connectivity index (χ2n) is 7.38. The van der Waals surface area contributed by atoms with E-state index in [-0.39, 0.29) is 0 Å². The lowest BCUT2D eigenvalue weighted by molar-refractivity contribution is 0.253. The number of methoxy groups -OCH3 is 2. The normalized spacial score (nSPS) is 16.5. The van der Waals surface area contributed by atoms with Crippen LogP contribution in [0.4, 0.5) is 5.69 Å². The van der Waals surface area contributed by atoms with Gasteiger partial charge in [0.2, 0.25) is 0 Å². The molecule has 1 aromatic carbocycles. The Bertz CT molecular complexity index is 744. The number of alkyl halides is 1. The molecule has 1 aliphatic rings. The van der Waals surface area contributed by atoms with E-state index in [9.17, 15) is 0 Å². The Balaban J connectivity index is 1.79. The minimum Gasteiger partial charge on any atom is -0.493 e. The highest BCUT2D eigenvalue weighted by Crippen LogP contribution is 2.38. The fourth-order valence-electron chi connectivity index (χ4n) is 4.46. The Morgan fingerprint density at radius 3 is 2.52 bits per heavy atom. The first kappa shape index (κ1) is 20.5. The van der Waals surface area contributed by atoms with Gasteiger partial charge < -0.3 is 14.4 Å². The molecule has 3 rings (SSSR count). The first-order chi connectivity index (χ1) is 13.2. The maximum atomic E-state index is 5.52. The number of pyridine rings is 1. The highest BCUT2D eigenvalue weighted by Gasteiger charge is 2.26. The summed E-state index contributed by atoms with van der Waals surface area (Å²) in [4.78, 5) is 7.07. The van der Waals surface area contributed by atoms with Crippen LogP contribution in [0.1, 0.15) is 39.0 Å². The van der Waals surface area contributed by atoms with Crippen molar-refractivity contribution in [2.45, 2.75) is 39.0 Å². The molecule has 2 heterocycles. The first-order valence-electron chi connectivity index (χ1n) is 10.0. The molecule has 0 spiro atoms. The van der Waals surface area contributed by atoms with E-state index in [2.05, 4.69) is 51.5 Å². The smallest absolute Gasteiger partial charge is 0.162 e. The van der Waals surface area contributed by atoms with Crippen LogP contribution in [0, 0.1) is 11.8 Å². The van der Waals surface area contributed by atoms with E-state index in [0.29, 0.717) is 0 Å². The van der Waals surface area contributed by atoms with Gasteiger partial charge in [-0.1, -0.05) is 35.9 Å². The predicted octanol–water partition coefficient (Wildman–Crippen LogP) is 5.71. The highest BCUT2D eigenvalue weighted by atomic mass is 127. The molecule has 4 nitrogen and oxygen atoms in total. The number of hydrogen-bond acceptors (Lipinski definition) is 4. The fourth-order valence-corrected chi connectivity index (χ4v) is 4.90. The molecule has 0 radical (unpaired) electrons. The van der Waals surface area contributed by atoms with Gasteiger partial charge >= 0.3 is 0 Å². The zero-order chi connectivity index (χ0) is 19.2. The SMILES string of the molecule is CCC(CCCI)C1CCN(c2ccnc3cc(OC)c(OC)cc23)CC1. The molecule has 1 unspecified atom stereocenters. The van der Waals surface area contributed by atoms with Gasteiger partial charge in [0.1, 0.15) is 0 Å². The number of hydrogen-bond donors (Lipinski definition) is 0. The average Bonchev–Trinajstić information content (AvgIpc) is 2.73. The Morgan fingerprint density at radius 2 is 1.89 bits per heavy atom. The van der Waals surface area contributed by atoms with Crippen molar-refractivity contribution in [2.24, 2.45) is 11.8 Å². The minimum absolute atomic E-state index is 0.731. The van der Waals surface area contributed by atoms with Crippen LogP contribution in [0.5, 0.6) is 11.5 Å². The molecular weight excluding hydrogens is 451 g/mol. The summed E-state index contributed by atoms with van der Waals surface area (Å²) < 4.78 is 12.2. The van der Waals surface area contributed by atoms with Crippen molar-refractivity contribution in [2.75, 3.05) is 36.6 Å². The summed E-state index contributed by atoms with van der Waals surface area (Å²) in [5.41, 5.74) is 2.22. The van der Waals surface area contributed by atoms with Gasteiger partial charge in [-0.2, -0.15) is 0 Å². The summed E-state index contributed by atoms with van der Waals surface area (Å²) in [5.74, 6) is 3.26. The molecule has 0 N–H and O–H groups in total. The van der Waals surface area contributed by atoms with Crippen LogP contribution in [-0.2, 0) is 0 Å². The molecule has 148 valence electrons. The third-order valence-corrected chi connectivity index (χ3v) is 6.77. The molecule has 5 heteroatoms. The molecule has 1 atom stereocenters. The molecule has 0 aliphatic carbocycles. The van der Waals surface area contributed by atoms with Crippen molar-refractivity contribution in [3.05, 3.63) is 24.4 Å². The number of benzene rings is 1. The van der Waals surface area contributed by atoms with Gasteiger partial charge in [0, 0.05) is 36.4 Å². The van der Waals surface area contributed by atoms with Crippen LogP contribution >= 0.6 is 22.6 Å². The van der Waals surface area contributed by atoms with Gasteiger partial charge in [0.15, 0.2) is 11.5 Å². The Labute approximate surface area is 176 Å². The number of rotatable bonds is 8. The molecular formula is C22H31IN2O2. The monoisotopic (exact) mass is 482 g/mol. The van der Waals surface area contributed by atoms with Crippen LogP contribution in [-0.4, -0.2) is 36.7 Å². The van der Waals surface area contributed by atoms with Crippen LogP contribution in [0.25, 0.3) is 10.9 Å². The number of aromatic nitrogens is 1. The molecule has 27 heavy (non-hydrogen) atoms. The number of nitrogens with zero attached hydrogens (tertiary/aromatic N) is 2. The van der Waals surface area contributed by atoms with Crippen molar-refractivity contribution in [3.63, 3.8) is 0 Å². The second kappa shape index (κ2) is 9.80. The van der Waals surface area contributed by atoms with Crippen LogP contribution < -0.4 is 14.4 Å². The summed E-state index contributed by atoms with van der Waals surface area (Å²) in [7, 11) is 3.35. The Hall–Kier alpha value is -1.24. The van der Waals surface area contributed by atoms with E-state index in [1.807, 2.05) is 12.3 Å². The van der Waals surface area contributed by atoms with Crippen molar-refractivity contribution < 1.29 is 9.47 Å². The minimum atomic E-state index is 0.731. The van der Waals surface area contributed by atoms with E-state index < -0.39 is 0 Å². The van der Waals surface area contributed by atoms with Gasteiger partial charge in [-0.3, -0.25) is 4.98 Å². The van der Waals surface area contributed by atoms with Crippen LogP contribution in [0.3, 0.4) is 0 Å². The van der Waals surface area contributed by atoms with Crippen molar-refractivity contribution in [3.8, 4) is 11.5 Å². The van der Waals surface area contributed by atoms with Crippen molar-refractivity contribution in [1.82, 2.24) is 4.98 Å².